The maximum atomic E-state index is 13.4. The number of rotatable bonds is 6. The molecule has 32 heavy (non-hydrogen) atoms. The number of nitrogens with zero attached hydrogens (tertiary/aromatic N) is 5. The van der Waals surface area contributed by atoms with Crippen molar-refractivity contribution in [3.8, 4) is 11.4 Å². The highest BCUT2D eigenvalue weighted by Crippen LogP contribution is 2.24. The predicted octanol–water partition coefficient (Wildman–Crippen LogP) is 2.94. The number of aromatic nitrogens is 5. The standard InChI is InChI=1S/C23H28FN7O/c1-14-9-17(5-8-20(14)24)12-26-23(32)21-11-18(10-15(2)27-21)22-28-30-31(29-22)13-16-3-6-19(25)7-4-16/h5,8-11,16,19H,3-4,6-7,12-13,25H2,1-2H3,(H,26,32)/t16-,19-. The maximum absolute atomic E-state index is 13.4. The minimum atomic E-state index is -0.317. The lowest BCUT2D eigenvalue weighted by Crippen LogP contribution is -2.28. The molecule has 1 aromatic carbocycles. The van der Waals surface area contributed by atoms with Crippen LogP contribution in [-0.2, 0) is 13.1 Å². The van der Waals surface area contributed by atoms with E-state index in [1.807, 2.05) is 13.0 Å². The van der Waals surface area contributed by atoms with Gasteiger partial charge in [0, 0.05) is 23.8 Å². The van der Waals surface area contributed by atoms with E-state index in [9.17, 15) is 9.18 Å². The summed E-state index contributed by atoms with van der Waals surface area (Å²) in [6, 6.07) is 8.57. The number of halogens is 1. The molecule has 1 saturated carbocycles. The Labute approximate surface area is 186 Å². The van der Waals surface area contributed by atoms with Gasteiger partial charge < -0.3 is 11.1 Å². The van der Waals surface area contributed by atoms with Crippen molar-refractivity contribution in [3.63, 3.8) is 0 Å². The van der Waals surface area contributed by atoms with Gasteiger partial charge in [0.05, 0.1) is 6.54 Å². The van der Waals surface area contributed by atoms with Crippen molar-refractivity contribution in [3.05, 3.63) is 58.7 Å². The molecule has 1 fully saturated rings. The first kappa shape index (κ1) is 22.0. The van der Waals surface area contributed by atoms with E-state index >= 15 is 0 Å². The molecule has 1 aliphatic rings. The van der Waals surface area contributed by atoms with Crippen molar-refractivity contribution in [1.82, 2.24) is 30.5 Å². The Morgan fingerprint density at radius 1 is 1.19 bits per heavy atom. The fourth-order valence-electron chi connectivity index (χ4n) is 4.04. The summed E-state index contributed by atoms with van der Waals surface area (Å²) in [6.07, 6.45) is 4.21. The first-order chi connectivity index (χ1) is 15.4. The number of pyridine rings is 1. The van der Waals surface area contributed by atoms with Crippen LogP contribution in [0, 0.1) is 25.6 Å². The highest BCUT2D eigenvalue weighted by Gasteiger charge is 2.20. The van der Waals surface area contributed by atoms with Gasteiger partial charge in [0.15, 0.2) is 0 Å². The van der Waals surface area contributed by atoms with E-state index in [-0.39, 0.29) is 24.0 Å². The molecule has 0 bridgehead atoms. The van der Waals surface area contributed by atoms with E-state index in [1.165, 1.54) is 6.07 Å². The molecule has 0 radical (unpaired) electrons. The number of aryl methyl sites for hydroxylation is 2. The van der Waals surface area contributed by atoms with Crippen LogP contribution < -0.4 is 11.1 Å². The van der Waals surface area contributed by atoms with Crippen LogP contribution in [0.5, 0.6) is 0 Å². The van der Waals surface area contributed by atoms with Crippen LogP contribution in [0.15, 0.2) is 30.3 Å². The molecule has 3 N–H and O–H groups in total. The average Bonchev–Trinajstić information content (AvgIpc) is 3.24. The smallest absolute Gasteiger partial charge is 0.270 e. The topological polar surface area (TPSA) is 112 Å². The summed E-state index contributed by atoms with van der Waals surface area (Å²) in [5.41, 5.74) is 8.99. The lowest BCUT2D eigenvalue weighted by Gasteiger charge is -2.25. The largest absolute Gasteiger partial charge is 0.347 e. The van der Waals surface area contributed by atoms with Crippen LogP contribution in [0.25, 0.3) is 11.4 Å². The Bertz CT molecular complexity index is 1110. The third-order valence-corrected chi connectivity index (χ3v) is 5.89. The van der Waals surface area contributed by atoms with Gasteiger partial charge in [-0.25, -0.2) is 9.37 Å². The van der Waals surface area contributed by atoms with Gasteiger partial charge in [0.25, 0.3) is 5.91 Å². The van der Waals surface area contributed by atoms with Gasteiger partial charge in [-0.1, -0.05) is 12.1 Å². The zero-order chi connectivity index (χ0) is 22.7. The number of hydrogen-bond acceptors (Lipinski definition) is 6. The number of tetrazole rings is 1. The van der Waals surface area contributed by atoms with Crippen LogP contribution in [-0.4, -0.2) is 37.1 Å². The van der Waals surface area contributed by atoms with Crippen molar-refractivity contribution in [2.24, 2.45) is 11.7 Å². The molecule has 0 aliphatic heterocycles. The summed E-state index contributed by atoms with van der Waals surface area (Å²) in [4.78, 5) is 18.7. The number of carbonyl (C=O) groups excluding carboxylic acids is 1. The third-order valence-electron chi connectivity index (χ3n) is 5.89. The van der Waals surface area contributed by atoms with Crippen molar-refractivity contribution < 1.29 is 9.18 Å². The molecule has 1 amide bonds. The fraction of sp³-hybridized carbons (Fsp3) is 0.435. The summed E-state index contributed by atoms with van der Waals surface area (Å²) >= 11 is 0. The van der Waals surface area contributed by atoms with Crippen LogP contribution >= 0.6 is 0 Å². The van der Waals surface area contributed by atoms with Crippen molar-refractivity contribution in [1.29, 1.82) is 0 Å². The minimum Gasteiger partial charge on any atom is -0.347 e. The molecular weight excluding hydrogens is 409 g/mol. The van der Waals surface area contributed by atoms with E-state index in [0.717, 1.165) is 31.2 Å². The zero-order valence-corrected chi connectivity index (χ0v) is 18.4. The molecule has 0 atom stereocenters. The molecule has 2 heterocycles. The molecule has 0 saturated heterocycles. The van der Waals surface area contributed by atoms with E-state index in [4.69, 9.17) is 5.73 Å². The van der Waals surface area contributed by atoms with E-state index in [2.05, 4.69) is 25.7 Å². The van der Waals surface area contributed by atoms with Crippen LogP contribution in [0.3, 0.4) is 0 Å². The van der Waals surface area contributed by atoms with Gasteiger partial charge >= 0.3 is 0 Å². The second-order valence-electron chi connectivity index (χ2n) is 8.60. The van der Waals surface area contributed by atoms with Crippen LogP contribution in [0.4, 0.5) is 4.39 Å². The summed E-state index contributed by atoms with van der Waals surface area (Å²) in [5, 5.41) is 15.7. The first-order valence-corrected chi connectivity index (χ1v) is 10.9. The normalized spacial score (nSPS) is 18.5. The summed E-state index contributed by atoms with van der Waals surface area (Å²) < 4.78 is 13.4. The second kappa shape index (κ2) is 9.52. The summed E-state index contributed by atoms with van der Waals surface area (Å²) in [7, 11) is 0. The number of benzene rings is 1. The van der Waals surface area contributed by atoms with Gasteiger partial charge in [-0.05, 0) is 80.0 Å². The Hall–Kier alpha value is -3.20. The summed E-state index contributed by atoms with van der Waals surface area (Å²) in [6.45, 7) is 4.51. The first-order valence-electron chi connectivity index (χ1n) is 10.9. The van der Waals surface area contributed by atoms with E-state index < -0.39 is 0 Å². The highest BCUT2D eigenvalue weighted by atomic mass is 19.1. The van der Waals surface area contributed by atoms with Gasteiger partial charge in [-0.3, -0.25) is 4.79 Å². The molecular formula is C23H28FN7O. The Balaban J connectivity index is 1.43. The van der Waals surface area contributed by atoms with Gasteiger partial charge in [0.1, 0.15) is 11.5 Å². The SMILES string of the molecule is Cc1cc(-c2nnn(C[C@H]3CC[C@H](N)CC3)n2)cc(C(=O)NCc2ccc(F)c(C)c2)n1. The summed E-state index contributed by atoms with van der Waals surface area (Å²) in [5.74, 6) is 0.388. The number of nitrogens with two attached hydrogens (primary N) is 1. The molecule has 9 heteroatoms. The quantitative estimate of drug-likeness (QED) is 0.613. The average molecular weight is 438 g/mol. The van der Waals surface area contributed by atoms with Crippen LogP contribution in [0.1, 0.15) is 53.0 Å². The second-order valence-corrected chi connectivity index (χ2v) is 8.60. The Morgan fingerprint density at radius 2 is 1.97 bits per heavy atom. The molecule has 4 rings (SSSR count). The molecule has 8 nitrogen and oxygen atoms in total. The molecule has 3 aromatic rings. The Morgan fingerprint density at radius 3 is 2.72 bits per heavy atom. The number of amides is 1. The lowest BCUT2D eigenvalue weighted by atomic mass is 9.86. The lowest BCUT2D eigenvalue weighted by molar-refractivity contribution is 0.0945. The zero-order valence-electron chi connectivity index (χ0n) is 18.4. The van der Waals surface area contributed by atoms with Gasteiger partial charge in [-0.2, -0.15) is 4.80 Å². The molecule has 0 unspecified atom stereocenters. The van der Waals surface area contributed by atoms with Gasteiger partial charge in [0.2, 0.25) is 5.82 Å². The fourth-order valence-corrected chi connectivity index (χ4v) is 4.04. The number of hydrogen-bond donors (Lipinski definition) is 2. The number of nitrogens with one attached hydrogen (secondary N) is 1. The van der Waals surface area contributed by atoms with Crippen molar-refractivity contribution in [2.75, 3.05) is 0 Å². The molecule has 0 spiro atoms. The van der Waals surface area contributed by atoms with Crippen molar-refractivity contribution >= 4 is 5.91 Å². The molecule has 1 aliphatic carbocycles. The van der Waals surface area contributed by atoms with Crippen LogP contribution in [0.2, 0.25) is 0 Å². The molecule has 168 valence electrons. The van der Waals surface area contributed by atoms with Gasteiger partial charge in [-0.15, -0.1) is 10.2 Å². The Kier molecular flexibility index (Phi) is 6.55. The maximum Gasteiger partial charge on any atom is 0.270 e. The number of carbonyl (C=O) groups is 1. The minimum absolute atomic E-state index is 0.266. The van der Waals surface area contributed by atoms with Crippen molar-refractivity contribution in [2.45, 2.75) is 58.7 Å². The van der Waals surface area contributed by atoms with E-state index in [1.54, 1.807) is 29.9 Å². The monoisotopic (exact) mass is 437 g/mol. The molecule has 2 aromatic heterocycles. The third kappa shape index (κ3) is 5.34. The predicted molar refractivity (Wildman–Crippen MR) is 118 cm³/mol. The highest BCUT2D eigenvalue weighted by molar-refractivity contribution is 5.93. The van der Waals surface area contributed by atoms with E-state index in [0.29, 0.717) is 41.1 Å².